The van der Waals surface area contributed by atoms with Crippen LogP contribution in [-0.4, -0.2) is 12.0 Å². The molecule has 88 valence electrons. The Labute approximate surface area is 99.8 Å². The fraction of sp³-hybridized carbons (Fsp3) is 0.583. The number of rotatable bonds is 4. The van der Waals surface area contributed by atoms with Gasteiger partial charge in [0.15, 0.2) is 0 Å². The maximum absolute atomic E-state index is 11.7. The molecule has 1 aliphatic rings. The Hall–Kier alpha value is -0.870. The molecule has 0 aliphatic heterocycles. The zero-order chi connectivity index (χ0) is 11.4. The van der Waals surface area contributed by atoms with E-state index in [-0.39, 0.29) is 12.0 Å². The van der Waals surface area contributed by atoms with Crippen LogP contribution in [0.5, 0.6) is 0 Å². The van der Waals surface area contributed by atoms with E-state index < -0.39 is 0 Å². The van der Waals surface area contributed by atoms with Crippen molar-refractivity contribution in [2.24, 2.45) is 0 Å². The van der Waals surface area contributed by atoms with Gasteiger partial charge in [-0.1, -0.05) is 19.8 Å². The van der Waals surface area contributed by atoms with Crippen molar-refractivity contribution in [2.45, 2.75) is 45.1 Å². The van der Waals surface area contributed by atoms with Crippen molar-refractivity contribution >= 4 is 17.2 Å². The molecule has 1 heterocycles. The van der Waals surface area contributed by atoms with E-state index in [1.54, 1.807) is 0 Å². The Morgan fingerprint density at radius 3 is 2.88 bits per heavy atom. The molecule has 16 heavy (non-hydrogen) atoms. The number of amides is 1. The standard InChI is InChI=1S/C12H17NO2S/c1-2-10-7-8-11(16-10)12(14)13-15-9-5-3-4-6-9/h7-9H,2-6H2,1H3,(H,13,14). The number of carbonyl (C=O) groups excluding carboxylic acids is 1. The van der Waals surface area contributed by atoms with Crippen LogP contribution < -0.4 is 5.48 Å². The molecule has 0 radical (unpaired) electrons. The Balaban J connectivity index is 1.82. The van der Waals surface area contributed by atoms with Crippen LogP contribution in [0.3, 0.4) is 0 Å². The third kappa shape index (κ3) is 2.83. The highest BCUT2D eigenvalue weighted by Crippen LogP contribution is 2.21. The molecule has 1 saturated carbocycles. The molecule has 1 fully saturated rings. The summed E-state index contributed by atoms with van der Waals surface area (Å²) in [5, 5.41) is 0. The lowest BCUT2D eigenvalue weighted by Crippen LogP contribution is -2.27. The summed E-state index contributed by atoms with van der Waals surface area (Å²) in [6.07, 6.45) is 5.73. The first-order valence-electron chi connectivity index (χ1n) is 5.84. The lowest BCUT2D eigenvalue weighted by molar-refractivity contribution is -0.0122. The lowest BCUT2D eigenvalue weighted by atomic mass is 10.3. The van der Waals surface area contributed by atoms with Gasteiger partial charge in [-0.3, -0.25) is 9.63 Å². The van der Waals surface area contributed by atoms with Gasteiger partial charge in [0.1, 0.15) is 0 Å². The first-order chi connectivity index (χ1) is 7.79. The van der Waals surface area contributed by atoms with Crippen LogP contribution in [0.15, 0.2) is 12.1 Å². The van der Waals surface area contributed by atoms with Gasteiger partial charge >= 0.3 is 0 Å². The quantitative estimate of drug-likeness (QED) is 0.820. The molecule has 0 unspecified atom stereocenters. The highest BCUT2D eigenvalue weighted by atomic mass is 32.1. The van der Waals surface area contributed by atoms with Crippen molar-refractivity contribution in [3.8, 4) is 0 Å². The molecule has 3 nitrogen and oxygen atoms in total. The summed E-state index contributed by atoms with van der Waals surface area (Å²) in [4.78, 5) is 19.0. The van der Waals surface area contributed by atoms with Gasteiger partial charge in [-0.2, -0.15) is 0 Å². The minimum Gasteiger partial charge on any atom is -0.270 e. The van der Waals surface area contributed by atoms with Crippen molar-refractivity contribution in [3.63, 3.8) is 0 Å². The number of hydrogen-bond donors (Lipinski definition) is 1. The molecule has 1 aliphatic carbocycles. The number of nitrogens with one attached hydrogen (secondary N) is 1. The summed E-state index contributed by atoms with van der Waals surface area (Å²) in [7, 11) is 0. The SMILES string of the molecule is CCc1ccc(C(=O)NOC2CCCC2)s1. The van der Waals surface area contributed by atoms with Crippen molar-refractivity contribution < 1.29 is 9.63 Å². The maximum atomic E-state index is 11.7. The first kappa shape index (κ1) is 11.6. The number of thiophene rings is 1. The third-order valence-corrected chi connectivity index (χ3v) is 4.08. The predicted octanol–water partition coefficient (Wildman–Crippen LogP) is 2.91. The van der Waals surface area contributed by atoms with Gasteiger partial charge in [0.05, 0.1) is 11.0 Å². The molecular formula is C12H17NO2S. The van der Waals surface area contributed by atoms with Crippen LogP contribution in [0.25, 0.3) is 0 Å². The molecule has 2 rings (SSSR count). The smallest absolute Gasteiger partial charge is 0.270 e. The van der Waals surface area contributed by atoms with E-state index in [1.165, 1.54) is 29.1 Å². The molecule has 4 heteroatoms. The fourth-order valence-corrected chi connectivity index (χ4v) is 2.72. The van der Waals surface area contributed by atoms with E-state index in [4.69, 9.17) is 4.84 Å². The van der Waals surface area contributed by atoms with Crippen molar-refractivity contribution in [2.75, 3.05) is 0 Å². The minimum atomic E-state index is -0.114. The van der Waals surface area contributed by atoms with E-state index >= 15 is 0 Å². The summed E-state index contributed by atoms with van der Waals surface area (Å²) in [6, 6.07) is 3.85. The van der Waals surface area contributed by atoms with Gasteiger partial charge in [0.25, 0.3) is 5.91 Å². The second kappa shape index (κ2) is 5.46. The van der Waals surface area contributed by atoms with E-state index in [9.17, 15) is 4.79 Å². The summed E-state index contributed by atoms with van der Waals surface area (Å²) < 4.78 is 0. The van der Waals surface area contributed by atoms with Crippen LogP contribution in [0.1, 0.15) is 47.2 Å². The van der Waals surface area contributed by atoms with Crippen LogP contribution in [0.4, 0.5) is 0 Å². The van der Waals surface area contributed by atoms with Crippen LogP contribution in [0.2, 0.25) is 0 Å². The topological polar surface area (TPSA) is 38.3 Å². The van der Waals surface area contributed by atoms with E-state index in [0.29, 0.717) is 0 Å². The van der Waals surface area contributed by atoms with E-state index in [2.05, 4.69) is 12.4 Å². The first-order valence-corrected chi connectivity index (χ1v) is 6.66. The molecule has 1 aromatic heterocycles. The third-order valence-electron chi connectivity index (χ3n) is 2.85. The second-order valence-corrected chi connectivity index (χ2v) is 5.24. The largest absolute Gasteiger partial charge is 0.284 e. The second-order valence-electron chi connectivity index (χ2n) is 4.08. The summed E-state index contributed by atoms with van der Waals surface area (Å²) in [5.41, 5.74) is 2.55. The van der Waals surface area contributed by atoms with Gasteiger partial charge < -0.3 is 0 Å². The zero-order valence-corrected chi connectivity index (χ0v) is 10.3. The van der Waals surface area contributed by atoms with Crippen molar-refractivity contribution in [1.82, 2.24) is 5.48 Å². The fourth-order valence-electron chi connectivity index (χ4n) is 1.88. The Morgan fingerprint density at radius 1 is 1.50 bits per heavy atom. The molecule has 0 spiro atoms. The summed E-state index contributed by atoms with van der Waals surface area (Å²) in [6.45, 7) is 2.09. The lowest BCUT2D eigenvalue weighted by Gasteiger charge is -2.10. The molecule has 1 amide bonds. The van der Waals surface area contributed by atoms with E-state index in [0.717, 1.165) is 24.1 Å². The number of aryl methyl sites for hydroxylation is 1. The molecule has 0 aromatic carbocycles. The monoisotopic (exact) mass is 239 g/mol. The molecule has 1 aromatic rings. The molecule has 0 bridgehead atoms. The number of carbonyl (C=O) groups is 1. The van der Waals surface area contributed by atoms with Crippen molar-refractivity contribution in [3.05, 3.63) is 21.9 Å². The van der Waals surface area contributed by atoms with Crippen molar-refractivity contribution in [1.29, 1.82) is 0 Å². The highest BCUT2D eigenvalue weighted by molar-refractivity contribution is 7.14. The normalized spacial score (nSPS) is 16.6. The molecule has 0 atom stereocenters. The summed E-state index contributed by atoms with van der Waals surface area (Å²) >= 11 is 1.53. The highest BCUT2D eigenvalue weighted by Gasteiger charge is 2.17. The summed E-state index contributed by atoms with van der Waals surface area (Å²) in [5.74, 6) is -0.114. The van der Waals surface area contributed by atoms with Crippen LogP contribution in [0, 0.1) is 0 Å². The van der Waals surface area contributed by atoms with Crippen LogP contribution in [-0.2, 0) is 11.3 Å². The van der Waals surface area contributed by atoms with Gasteiger partial charge in [0, 0.05) is 4.88 Å². The van der Waals surface area contributed by atoms with Gasteiger partial charge in [-0.15, -0.1) is 11.3 Å². The van der Waals surface area contributed by atoms with Gasteiger partial charge in [-0.05, 0) is 31.4 Å². The molecule has 1 N–H and O–H groups in total. The minimum absolute atomic E-state index is 0.114. The molecule has 0 saturated heterocycles. The number of hydroxylamine groups is 1. The van der Waals surface area contributed by atoms with Gasteiger partial charge in [-0.25, -0.2) is 5.48 Å². The van der Waals surface area contributed by atoms with Gasteiger partial charge in [0.2, 0.25) is 0 Å². The zero-order valence-electron chi connectivity index (χ0n) is 9.49. The van der Waals surface area contributed by atoms with Crippen LogP contribution >= 0.6 is 11.3 Å². The molecular weight excluding hydrogens is 222 g/mol. The predicted molar refractivity (Wildman–Crippen MR) is 64.5 cm³/mol. The van der Waals surface area contributed by atoms with E-state index in [1.807, 2.05) is 12.1 Å². The average Bonchev–Trinajstić information content (AvgIpc) is 2.96. The maximum Gasteiger partial charge on any atom is 0.284 e. The average molecular weight is 239 g/mol. The Morgan fingerprint density at radius 2 is 2.25 bits per heavy atom. The Bertz CT molecular complexity index is 356. The number of hydrogen-bond acceptors (Lipinski definition) is 3. The Kier molecular flexibility index (Phi) is 3.96.